The number of nitrogen functional groups attached to an aromatic ring is 1. The third kappa shape index (κ3) is 2.62. The first-order chi connectivity index (χ1) is 9.66. The molecule has 3 rings (SSSR count). The van der Waals surface area contributed by atoms with Crippen molar-refractivity contribution in [2.75, 3.05) is 18.0 Å². The number of fused-ring (bicyclic) bond motifs is 1. The summed E-state index contributed by atoms with van der Waals surface area (Å²) < 4.78 is 0.954. The van der Waals surface area contributed by atoms with E-state index in [1.54, 1.807) is 6.07 Å². The number of hydrogen-bond acceptors (Lipinski definition) is 4. The van der Waals surface area contributed by atoms with E-state index in [1.165, 1.54) is 29.9 Å². The van der Waals surface area contributed by atoms with Gasteiger partial charge >= 0.3 is 0 Å². The van der Waals surface area contributed by atoms with Crippen molar-refractivity contribution >= 4 is 56.4 Å². The van der Waals surface area contributed by atoms with E-state index in [0.717, 1.165) is 10.1 Å². The maximum Gasteiger partial charge on any atom is 0.263 e. The number of thiophene rings is 1. The highest BCUT2D eigenvalue weighted by atomic mass is 35.5. The molecule has 1 aromatic heterocycles. The normalized spacial score (nSPS) is 18.6. The number of nitrogens with one attached hydrogen (secondary N) is 1. The predicted molar refractivity (Wildman–Crippen MR) is 89.1 cm³/mol. The van der Waals surface area contributed by atoms with Crippen LogP contribution < -0.4 is 11.1 Å². The summed E-state index contributed by atoms with van der Waals surface area (Å²) >= 11 is 9.48. The molecule has 2 heterocycles. The van der Waals surface area contributed by atoms with Gasteiger partial charge in [-0.1, -0.05) is 17.7 Å². The van der Waals surface area contributed by atoms with Gasteiger partial charge in [-0.2, -0.15) is 11.8 Å². The Bertz CT molecular complexity index is 650. The first-order valence-electron chi connectivity index (χ1n) is 6.53. The number of carbonyl (C=O) groups is 1. The van der Waals surface area contributed by atoms with Gasteiger partial charge in [0.25, 0.3) is 5.91 Å². The molecule has 3 N–H and O–H groups in total. The van der Waals surface area contributed by atoms with Crippen molar-refractivity contribution in [1.82, 2.24) is 5.32 Å². The number of halogens is 1. The molecule has 1 aromatic carbocycles. The Morgan fingerprint density at radius 1 is 1.50 bits per heavy atom. The largest absolute Gasteiger partial charge is 0.397 e. The van der Waals surface area contributed by atoms with Gasteiger partial charge in [-0.05, 0) is 30.7 Å². The summed E-state index contributed by atoms with van der Waals surface area (Å²) in [6.07, 6.45) is 2.42. The van der Waals surface area contributed by atoms with Crippen molar-refractivity contribution in [2.24, 2.45) is 0 Å². The maximum absolute atomic E-state index is 12.3. The first kappa shape index (κ1) is 14.0. The molecule has 1 fully saturated rings. The maximum atomic E-state index is 12.3. The van der Waals surface area contributed by atoms with Gasteiger partial charge in [-0.25, -0.2) is 0 Å². The molecule has 6 heteroatoms. The Labute approximate surface area is 130 Å². The van der Waals surface area contributed by atoms with Crippen LogP contribution in [-0.4, -0.2) is 23.5 Å². The van der Waals surface area contributed by atoms with Crippen LogP contribution in [0.5, 0.6) is 0 Å². The molecule has 0 aliphatic carbocycles. The van der Waals surface area contributed by atoms with Gasteiger partial charge in [0.1, 0.15) is 4.88 Å². The van der Waals surface area contributed by atoms with E-state index in [4.69, 9.17) is 17.3 Å². The van der Waals surface area contributed by atoms with E-state index in [2.05, 4.69) is 5.32 Å². The summed E-state index contributed by atoms with van der Waals surface area (Å²) in [4.78, 5) is 12.8. The minimum absolute atomic E-state index is 0.0905. The third-order valence-corrected chi connectivity index (χ3v) is 6.30. The second-order valence-corrected chi connectivity index (χ2v) is 7.67. The van der Waals surface area contributed by atoms with Gasteiger partial charge in [0.05, 0.1) is 10.7 Å². The van der Waals surface area contributed by atoms with Crippen molar-refractivity contribution in [3.05, 3.63) is 28.1 Å². The fourth-order valence-electron chi connectivity index (χ4n) is 2.39. The number of hydrogen-bond donors (Lipinski definition) is 2. The Morgan fingerprint density at radius 3 is 3.05 bits per heavy atom. The molecular weight excluding hydrogens is 312 g/mol. The average molecular weight is 327 g/mol. The van der Waals surface area contributed by atoms with Gasteiger partial charge in [0.2, 0.25) is 0 Å². The predicted octanol–water partition coefficient (Wildman–Crippen LogP) is 3.76. The Hall–Kier alpha value is -0.910. The van der Waals surface area contributed by atoms with Gasteiger partial charge in [0, 0.05) is 21.9 Å². The molecule has 3 nitrogen and oxygen atoms in total. The van der Waals surface area contributed by atoms with Crippen molar-refractivity contribution in [1.29, 1.82) is 0 Å². The Kier molecular flexibility index (Phi) is 4.10. The van der Waals surface area contributed by atoms with Gasteiger partial charge in [-0.3, -0.25) is 4.79 Å². The highest BCUT2D eigenvalue weighted by Gasteiger charge is 2.20. The van der Waals surface area contributed by atoms with Crippen molar-refractivity contribution in [2.45, 2.75) is 18.1 Å². The van der Waals surface area contributed by atoms with E-state index < -0.39 is 0 Å². The topological polar surface area (TPSA) is 55.1 Å². The lowest BCUT2D eigenvalue weighted by Crippen LogP contribution is -2.29. The van der Waals surface area contributed by atoms with Crippen LogP contribution in [0.4, 0.5) is 5.69 Å². The summed E-state index contributed by atoms with van der Waals surface area (Å²) in [7, 11) is 0. The number of amides is 1. The molecule has 1 amide bonds. The number of carbonyl (C=O) groups excluding carboxylic acids is 1. The lowest BCUT2D eigenvalue weighted by molar-refractivity contribution is 0.0958. The van der Waals surface area contributed by atoms with E-state index >= 15 is 0 Å². The van der Waals surface area contributed by atoms with Crippen LogP contribution in [-0.2, 0) is 0 Å². The zero-order valence-corrected chi connectivity index (χ0v) is 13.2. The van der Waals surface area contributed by atoms with E-state index in [0.29, 0.717) is 27.4 Å². The van der Waals surface area contributed by atoms with Gasteiger partial charge in [-0.15, -0.1) is 11.3 Å². The van der Waals surface area contributed by atoms with Crippen LogP contribution in [0.1, 0.15) is 22.5 Å². The lowest BCUT2D eigenvalue weighted by atomic mass is 10.2. The average Bonchev–Trinajstić information content (AvgIpc) is 3.05. The quantitative estimate of drug-likeness (QED) is 0.903. The Balaban J connectivity index is 1.80. The van der Waals surface area contributed by atoms with Crippen LogP contribution in [0.25, 0.3) is 10.1 Å². The fourth-order valence-corrected chi connectivity index (χ4v) is 4.99. The molecule has 0 bridgehead atoms. The van der Waals surface area contributed by atoms with Crippen LogP contribution in [0.3, 0.4) is 0 Å². The van der Waals surface area contributed by atoms with Crippen LogP contribution >= 0.6 is 34.7 Å². The number of nitrogens with two attached hydrogens (primary N) is 1. The van der Waals surface area contributed by atoms with E-state index in [9.17, 15) is 4.79 Å². The lowest BCUT2D eigenvalue weighted by Gasteiger charge is -2.09. The SMILES string of the molecule is Nc1c(C(=O)NCC2CCCS2)sc2cccc(Cl)c12. The molecule has 1 saturated heterocycles. The molecule has 1 unspecified atom stereocenters. The highest BCUT2D eigenvalue weighted by Crippen LogP contribution is 2.38. The number of anilines is 1. The number of benzene rings is 1. The molecule has 1 aliphatic heterocycles. The first-order valence-corrected chi connectivity index (χ1v) is 8.77. The minimum Gasteiger partial charge on any atom is -0.397 e. The third-order valence-electron chi connectivity index (χ3n) is 3.42. The van der Waals surface area contributed by atoms with E-state index in [-0.39, 0.29) is 5.91 Å². The molecular formula is C14H15ClN2OS2. The molecule has 0 saturated carbocycles. The summed E-state index contributed by atoms with van der Waals surface area (Å²) in [5, 5.41) is 4.92. The molecule has 1 aliphatic rings. The van der Waals surface area contributed by atoms with Crippen molar-refractivity contribution < 1.29 is 4.79 Å². The summed E-state index contributed by atoms with van der Waals surface area (Å²) in [5.74, 6) is 1.11. The molecule has 0 spiro atoms. The van der Waals surface area contributed by atoms with Crippen molar-refractivity contribution in [3.63, 3.8) is 0 Å². The highest BCUT2D eigenvalue weighted by molar-refractivity contribution is 8.00. The van der Waals surface area contributed by atoms with Crippen LogP contribution in [0.2, 0.25) is 5.02 Å². The minimum atomic E-state index is -0.0905. The zero-order valence-electron chi connectivity index (χ0n) is 10.8. The van der Waals surface area contributed by atoms with Crippen molar-refractivity contribution in [3.8, 4) is 0 Å². The standard InChI is InChI=1S/C14H15ClN2OS2/c15-9-4-1-5-10-11(9)12(16)13(20-10)14(18)17-7-8-3-2-6-19-8/h1,4-5,8H,2-3,6-7,16H2,(H,17,18). The van der Waals surface area contributed by atoms with Crippen LogP contribution in [0, 0.1) is 0 Å². The summed E-state index contributed by atoms with van der Waals surface area (Å²) in [5.41, 5.74) is 6.58. The molecule has 1 atom stereocenters. The number of rotatable bonds is 3. The second-order valence-electron chi connectivity index (χ2n) is 4.80. The monoisotopic (exact) mass is 326 g/mol. The summed E-state index contributed by atoms with van der Waals surface area (Å²) in [6.45, 7) is 0.713. The number of thioether (sulfide) groups is 1. The molecule has 20 heavy (non-hydrogen) atoms. The second kappa shape index (κ2) is 5.84. The molecule has 106 valence electrons. The Morgan fingerprint density at radius 2 is 2.35 bits per heavy atom. The van der Waals surface area contributed by atoms with Crippen LogP contribution in [0.15, 0.2) is 18.2 Å². The fraction of sp³-hybridized carbons (Fsp3) is 0.357. The molecule has 0 radical (unpaired) electrons. The zero-order chi connectivity index (χ0) is 14.1. The molecule has 2 aromatic rings. The van der Waals surface area contributed by atoms with Gasteiger partial charge in [0.15, 0.2) is 0 Å². The van der Waals surface area contributed by atoms with Gasteiger partial charge < -0.3 is 11.1 Å². The van der Waals surface area contributed by atoms with E-state index in [1.807, 2.05) is 23.9 Å². The smallest absolute Gasteiger partial charge is 0.263 e. The summed E-state index contributed by atoms with van der Waals surface area (Å²) in [6, 6.07) is 5.60.